The predicted octanol–water partition coefficient (Wildman–Crippen LogP) is 1.42. The van der Waals surface area contributed by atoms with Crippen molar-refractivity contribution in [3.05, 3.63) is 30.3 Å². The van der Waals surface area contributed by atoms with Crippen molar-refractivity contribution in [2.24, 2.45) is 0 Å². The number of hydrogen-bond donors (Lipinski definition) is 2. The van der Waals surface area contributed by atoms with E-state index < -0.39 is 0 Å². The van der Waals surface area contributed by atoms with Gasteiger partial charge in [-0.05, 0) is 12.1 Å². The molecule has 0 amide bonds. The molecule has 0 unspecified atom stereocenters. The van der Waals surface area contributed by atoms with Gasteiger partial charge < -0.3 is 0 Å². The molecule has 0 saturated carbocycles. The fraction of sp³-hybridized carbons (Fsp3) is 0.200. The number of hydrogen-bond acceptors (Lipinski definition) is 7. The molecule has 1 aromatic rings. The molecule has 0 fully saturated rings. The first kappa shape index (κ1) is 17.1. The molecule has 0 saturated heterocycles. The van der Waals surface area contributed by atoms with Crippen LogP contribution in [0.25, 0.3) is 0 Å². The van der Waals surface area contributed by atoms with Gasteiger partial charge in [0.15, 0.2) is 0 Å². The number of nitrogens with zero attached hydrogens (tertiary/aromatic N) is 1. The average Bonchev–Trinajstić information content (AvgIpc) is 2.34. The third-order valence-corrected chi connectivity index (χ3v) is 1.30. The van der Waals surface area contributed by atoms with Crippen molar-refractivity contribution in [3.63, 3.8) is 0 Å². The maximum atomic E-state index is 8.35. The molecule has 1 rings (SSSR count). The van der Waals surface area contributed by atoms with E-state index in [1.165, 1.54) is 5.23 Å². The third-order valence-electron chi connectivity index (χ3n) is 1.30. The summed E-state index contributed by atoms with van der Waals surface area (Å²) in [5.74, 6) is 0. The average molecular weight is 239 g/mol. The summed E-state index contributed by atoms with van der Waals surface area (Å²) < 4.78 is 0. The Morgan fingerprint density at radius 2 is 1.35 bits per heavy atom. The number of carbonyl (C=O) groups excluding carboxylic acids is 2. The normalized spacial score (nSPS) is 7.18. The molecule has 0 bridgehead atoms. The van der Waals surface area contributed by atoms with E-state index >= 15 is 0 Å². The Hall–Kier alpha value is -2.30. The Bertz CT molecular complexity index is 328. The van der Waals surface area contributed by atoms with Gasteiger partial charge in [-0.15, -0.1) is 5.23 Å². The van der Waals surface area contributed by atoms with Gasteiger partial charge in [0.25, 0.3) is 0 Å². The van der Waals surface area contributed by atoms with E-state index in [9.17, 15) is 0 Å². The molecule has 0 aromatic heterocycles. The first-order valence-corrected chi connectivity index (χ1v) is 4.22. The lowest BCUT2D eigenvalue weighted by Gasteiger charge is -2.17. The van der Waals surface area contributed by atoms with Gasteiger partial charge in [0, 0.05) is 0 Å². The predicted molar refractivity (Wildman–Crippen MR) is 59.8 cm³/mol. The van der Waals surface area contributed by atoms with Crippen LogP contribution >= 0.6 is 0 Å². The molecule has 0 atom stereocenters. The second kappa shape index (κ2) is 13.7. The lowest BCUT2D eigenvalue weighted by Crippen LogP contribution is -2.19. The fourth-order valence-corrected chi connectivity index (χ4v) is 0.835. The topological polar surface area (TPSA) is 104 Å². The molecule has 7 heteroatoms. The Labute approximate surface area is 98.5 Å². The molecule has 0 spiro atoms. The van der Waals surface area contributed by atoms with Crippen molar-refractivity contribution in [2.45, 2.75) is 0 Å². The number of rotatable bonds is 3. The lowest BCUT2D eigenvalue weighted by atomic mass is 10.3. The summed E-state index contributed by atoms with van der Waals surface area (Å²) >= 11 is 0. The summed E-state index contributed by atoms with van der Waals surface area (Å²) in [5.41, 5.74) is 0.873. The molecule has 7 nitrogen and oxygen atoms in total. The van der Waals surface area contributed by atoms with Crippen LogP contribution < -0.4 is 5.23 Å². The Kier molecular flexibility index (Phi) is 13.8. The lowest BCUT2D eigenvalue weighted by molar-refractivity contribution is -0.0433. The van der Waals surface area contributed by atoms with Gasteiger partial charge in [-0.2, -0.15) is 0 Å². The van der Waals surface area contributed by atoms with Crippen LogP contribution in [0, 0.1) is 10.8 Å². The van der Waals surface area contributed by atoms with E-state index in [1.54, 1.807) is 14.2 Å². The maximum Gasteiger partial charge on any atom is 0.231 e. The van der Waals surface area contributed by atoms with Crippen molar-refractivity contribution < 1.29 is 19.3 Å². The largest absolute Gasteiger partial charge is 0.252 e. The van der Waals surface area contributed by atoms with Crippen LogP contribution in [0.1, 0.15) is 0 Å². The Morgan fingerprint density at radius 3 is 1.65 bits per heavy atom. The molecule has 0 aliphatic heterocycles. The maximum absolute atomic E-state index is 8.35. The summed E-state index contributed by atoms with van der Waals surface area (Å²) in [6.45, 7) is 0. The van der Waals surface area contributed by atoms with Gasteiger partial charge >= 0.3 is 0 Å². The van der Waals surface area contributed by atoms with Gasteiger partial charge in [0.05, 0.1) is 19.9 Å². The van der Waals surface area contributed by atoms with Gasteiger partial charge in [-0.3, -0.25) is 9.68 Å². The summed E-state index contributed by atoms with van der Waals surface area (Å²) in [6, 6.07) is 9.56. The molecule has 0 heterocycles. The van der Waals surface area contributed by atoms with Gasteiger partial charge in [0.1, 0.15) is 0 Å². The van der Waals surface area contributed by atoms with Crippen LogP contribution in [0.5, 0.6) is 0 Å². The molecule has 0 aliphatic rings. The Balaban J connectivity index is 0. The highest BCUT2D eigenvalue weighted by molar-refractivity contribution is 5.40. The molecule has 1 aromatic carbocycles. The molecule has 92 valence electrons. The van der Waals surface area contributed by atoms with E-state index in [0.29, 0.717) is 0 Å². The van der Waals surface area contributed by atoms with Crippen LogP contribution in [0.15, 0.2) is 30.3 Å². The van der Waals surface area contributed by atoms with Gasteiger partial charge in [-0.1, -0.05) is 18.2 Å². The first-order chi connectivity index (χ1) is 8.21. The van der Waals surface area contributed by atoms with Crippen LogP contribution in [-0.4, -0.2) is 26.4 Å². The highest BCUT2D eigenvalue weighted by atomic mass is 16.9. The van der Waals surface area contributed by atoms with Crippen molar-refractivity contribution in [3.8, 4) is 0 Å². The number of isocyanates is 2. The quantitative estimate of drug-likeness (QED) is 0.471. The van der Waals surface area contributed by atoms with E-state index in [4.69, 9.17) is 30.1 Å². The minimum Gasteiger partial charge on any atom is -0.252 e. The molecule has 2 N–H and O–H groups in total. The zero-order valence-electron chi connectivity index (χ0n) is 9.47. The number of benzene rings is 1. The minimum atomic E-state index is 0.750. The SMILES string of the molecule is CON(OC)c1ccccc1.N=C=O.N=C=O. The molecule has 0 aliphatic carbocycles. The second-order valence-corrected chi connectivity index (χ2v) is 2.16. The molecule has 0 radical (unpaired) electrons. The highest BCUT2D eigenvalue weighted by Gasteiger charge is 2.00. The van der Waals surface area contributed by atoms with E-state index in [2.05, 4.69) is 0 Å². The van der Waals surface area contributed by atoms with Crippen LogP contribution in [-0.2, 0) is 19.3 Å². The molecular formula is C10H13N3O4. The third kappa shape index (κ3) is 9.99. The minimum absolute atomic E-state index is 0.750. The monoisotopic (exact) mass is 239 g/mol. The van der Waals surface area contributed by atoms with Crippen molar-refractivity contribution in [2.75, 3.05) is 19.4 Å². The standard InChI is InChI=1S/C8H11NO2.2CHNO/c1-10-9(11-2)8-6-4-3-5-7-8;2*2-1-3/h3-7H,1-2H3;2*2H. The van der Waals surface area contributed by atoms with Crippen molar-refractivity contribution in [1.82, 2.24) is 0 Å². The van der Waals surface area contributed by atoms with E-state index in [-0.39, 0.29) is 0 Å². The van der Waals surface area contributed by atoms with Crippen LogP contribution in [0.2, 0.25) is 0 Å². The molecular weight excluding hydrogens is 226 g/mol. The zero-order valence-corrected chi connectivity index (χ0v) is 9.47. The van der Waals surface area contributed by atoms with Crippen molar-refractivity contribution in [1.29, 1.82) is 10.8 Å². The summed E-state index contributed by atoms with van der Waals surface area (Å²) in [7, 11) is 3.10. The second-order valence-electron chi connectivity index (χ2n) is 2.16. The van der Waals surface area contributed by atoms with E-state index in [0.717, 1.165) is 17.8 Å². The van der Waals surface area contributed by atoms with Crippen LogP contribution in [0.3, 0.4) is 0 Å². The van der Waals surface area contributed by atoms with Crippen molar-refractivity contribution >= 4 is 17.8 Å². The number of nitrogens with one attached hydrogen (secondary N) is 2. The summed E-state index contributed by atoms with van der Waals surface area (Å²) in [4.78, 5) is 26.5. The Morgan fingerprint density at radius 1 is 1.00 bits per heavy atom. The fourth-order valence-electron chi connectivity index (χ4n) is 0.835. The zero-order chi connectivity index (χ0) is 13.5. The summed E-state index contributed by atoms with van der Waals surface area (Å²) in [5, 5.41) is 12.1. The number of para-hydroxylation sites is 1. The smallest absolute Gasteiger partial charge is 0.231 e. The van der Waals surface area contributed by atoms with Gasteiger partial charge in [0.2, 0.25) is 12.2 Å². The van der Waals surface area contributed by atoms with E-state index in [1.807, 2.05) is 30.3 Å². The number of anilines is 1. The van der Waals surface area contributed by atoms with Crippen LogP contribution in [0.4, 0.5) is 5.69 Å². The first-order valence-electron chi connectivity index (χ1n) is 4.22. The van der Waals surface area contributed by atoms with Gasteiger partial charge in [-0.25, -0.2) is 20.4 Å². The summed E-state index contributed by atoms with van der Waals surface area (Å²) in [6.07, 6.45) is 1.50. The molecule has 17 heavy (non-hydrogen) atoms. The highest BCUT2D eigenvalue weighted by Crippen LogP contribution is 2.11.